The standard InChI is InChI=1S/C34H26Cl2N2O3/c35-33-23-15-7-8-16-24(23)34(36,26-18-10-9-17-25(26)33)29-28(33)31(40)38(32(29)41)27(19-21-11-3-1-4-12-21)30(39)37-20-22-13-5-2-6-14-22/h1-18,27-29H,19-20H2,(H,37,39)/t27-,28-,29+,33?,34?/m1/s1. The van der Waals surface area contributed by atoms with Crippen LogP contribution in [0.2, 0.25) is 0 Å². The van der Waals surface area contributed by atoms with E-state index >= 15 is 0 Å². The zero-order valence-electron chi connectivity index (χ0n) is 22.0. The molecule has 2 bridgehead atoms. The molecule has 0 radical (unpaired) electrons. The number of hydrogen-bond acceptors (Lipinski definition) is 3. The fourth-order valence-corrected chi connectivity index (χ4v) is 8.14. The molecule has 0 unspecified atom stereocenters. The summed E-state index contributed by atoms with van der Waals surface area (Å²) >= 11 is 15.1. The summed E-state index contributed by atoms with van der Waals surface area (Å²) in [4.78, 5) is 41.4. The Morgan fingerprint density at radius 3 is 1.49 bits per heavy atom. The summed E-state index contributed by atoms with van der Waals surface area (Å²) < 4.78 is 0. The Morgan fingerprint density at radius 1 is 0.659 bits per heavy atom. The fraction of sp³-hybridized carbons (Fsp3) is 0.206. The van der Waals surface area contributed by atoms with Crippen molar-refractivity contribution in [1.82, 2.24) is 10.2 Å². The number of hydrogen-bond donors (Lipinski definition) is 1. The molecular formula is C34H26Cl2N2O3. The predicted octanol–water partition coefficient (Wildman–Crippen LogP) is 5.51. The molecule has 3 aliphatic carbocycles. The van der Waals surface area contributed by atoms with Crippen molar-refractivity contribution in [1.29, 1.82) is 0 Å². The molecule has 4 aromatic carbocycles. The van der Waals surface area contributed by atoms with E-state index in [0.717, 1.165) is 38.3 Å². The molecule has 41 heavy (non-hydrogen) atoms. The second-order valence-corrected chi connectivity index (χ2v) is 12.1. The number of nitrogens with one attached hydrogen (secondary N) is 1. The van der Waals surface area contributed by atoms with E-state index < -0.39 is 45.3 Å². The molecule has 1 N–H and O–H groups in total. The lowest BCUT2D eigenvalue weighted by molar-refractivity contribution is -0.148. The molecule has 4 aliphatic rings. The van der Waals surface area contributed by atoms with Crippen molar-refractivity contribution in [2.75, 3.05) is 0 Å². The van der Waals surface area contributed by atoms with Gasteiger partial charge in [-0.2, -0.15) is 0 Å². The van der Waals surface area contributed by atoms with E-state index in [9.17, 15) is 14.4 Å². The lowest BCUT2D eigenvalue weighted by Crippen LogP contribution is -2.57. The Hall–Kier alpha value is -3.93. The van der Waals surface area contributed by atoms with Gasteiger partial charge in [0.25, 0.3) is 0 Å². The third-order valence-electron chi connectivity index (χ3n) is 8.82. The molecule has 1 heterocycles. The highest BCUT2D eigenvalue weighted by Gasteiger charge is 2.73. The average molecular weight is 581 g/mol. The quantitative estimate of drug-likeness (QED) is 0.242. The highest BCUT2D eigenvalue weighted by Crippen LogP contribution is 2.69. The van der Waals surface area contributed by atoms with Crippen molar-refractivity contribution in [3.63, 3.8) is 0 Å². The van der Waals surface area contributed by atoms with E-state index in [0.29, 0.717) is 0 Å². The van der Waals surface area contributed by atoms with Gasteiger partial charge in [-0.1, -0.05) is 109 Å². The number of carbonyl (C=O) groups is 3. The van der Waals surface area contributed by atoms with E-state index in [-0.39, 0.29) is 13.0 Å². The summed E-state index contributed by atoms with van der Waals surface area (Å²) in [6, 6.07) is 32.9. The number of nitrogens with zero attached hydrogens (tertiary/aromatic N) is 1. The predicted molar refractivity (Wildman–Crippen MR) is 157 cm³/mol. The van der Waals surface area contributed by atoms with Crippen LogP contribution in [0.1, 0.15) is 33.4 Å². The molecular weight excluding hydrogens is 555 g/mol. The Balaban J connectivity index is 1.33. The second-order valence-electron chi connectivity index (χ2n) is 10.9. The monoisotopic (exact) mass is 580 g/mol. The maximum atomic E-state index is 14.5. The normalized spacial score (nSPS) is 26.2. The van der Waals surface area contributed by atoms with Gasteiger partial charge in [0.2, 0.25) is 17.7 Å². The third kappa shape index (κ3) is 3.65. The first-order valence-electron chi connectivity index (χ1n) is 13.7. The summed E-state index contributed by atoms with van der Waals surface area (Å²) in [7, 11) is 0. The van der Waals surface area contributed by atoms with Crippen LogP contribution < -0.4 is 5.32 Å². The minimum atomic E-state index is -1.30. The number of rotatable bonds is 6. The molecule has 7 heteroatoms. The highest BCUT2D eigenvalue weighted by molar-refractivity contribution is 6.36. The van der Waals surface area contributed by atoms with Crippen molar-refractivity contribution in [2.45, 2.75) is 28.8 Å². The maximum absolute atomic E-state index is 14.5. The van der Waals surface area contributed by atoms with Crippen LogP contribution >= 0.6 is 23.2 Å². The molecule has 1 saturated heterocycles. The summed E-state index contributed by atoms with van der Waals surface area (Å²) in [5.74, 6) is -3.27. The Bertz CT molecular complexity index is 1570. The fourth-order valence-electron chi connectivity index (χ4n) is 7.04. The van der Waals surface area contributed by atoms with E-state index in [1.165, 1.54) is 0 Å². The van der Waals surface area contributed by atoms with E-state index in [4.69, 9.17) is 23.2 Å². The number of benzene rings is 4. The number of likely N-dealkylation sites (tertiary alicyclic amines) is 1. The van der Waals surface area contributed by atoms with Gasteiger partial charge in [-0.25, -0.2) is 0 Å². The smallest absolute Gasteiger partial charge is 0.243 e. The SMILES string of the molecule is O=C(NCc1ccccc1)[C@@H](Cc1ccccc1)N1C(=O)[C@@H]2[C@H](C1=O)C1(Cl)c3ccccc3C2(Cl)c2ccccc21. The van der Waals surface area contributed by atoms with Gasteiger partial charge in [0, 0.05) is 13.0 Å². The Morgan fingerprint density at radius 2 is 1.05 bits per heavy atom. The molecule has 3 atom stereocenters. The largest absolute Gasteiger partial charge is 0.350 e. The summed E-state index contributed by atoms with van der Waals surface area (Å²) in [6.45, 7) is 0.268. The lowest BCUT2D eigenvalue weighted by atomic mass is 9.54. The van der Waals surface area contributed by atoms with Crippen LogP contribution in [0, 0.1) is 11.8 Å². The van der Waals surface area contributed by atoms with E-state index in [1.807, 2.05) is 109 Å². The third-order valence-corrected chi connectivity index (χ3v) is 10.1. The number of amides is 3. The van der Waals surface area contributed by atoms with Gasteiger partial charge < -0.3 is 5.32 Å². The average Bonchev–Trinajstić information content (AvgIpc) is 3.29. The second kappa shape index (κ2) is 9.57. The van der Waals surface area contributed by atoms with Gasteiger partial charge in [-0.15, -0.1) is 23.2 Å². The lowest BCUT2D eigenvalue weighted by Gasteiger charge is -2.54. The number of halogens is 2. The van der Waals surface area contributed by atoms with Crippen molar-refractivity contribution < 1.29 is 14.4 Å². The first kappa shape index (κ1) is 26.0. The van der Waals surface area contributed by atoms with Crippen LogP contribution in [0.15, 0.2) is 109 Å². The number of alkyl halides is 2. The van der Waals surface area contributed by atoms with Gasteiger partial charge in [0.15, 0.2) is 0 Å². The molecule has 204 valence electrons. The Labute approximate surface area is 248 Å². The molecule has 0 aromatic heterocycles. The molecule has 1 aliphatic heterocycles. The zero-order valence-corrected chi connectivity index (χ0v) is 23.5. The van der Waals surface area contributed by atoms with Crippen LogP contribution in [-0.4, -0.2) is 28.7 Å². The van der Waals surface area contributed by atoms with Crippen LogP contribution in [0.25, 0.3) is 0 Å². The molecule has 0 spiro atoms. The van der Waals surface area contributed by atoms with Crippen LogP contribution in [-0.2, 0) is 37.1 Å². The summed E-state index contributed by atoms with van der Waals surface area (Å²) in [5, 5.41) is 2.96. The Kier molecular flexibility index (Phi) is 6.07. The zero-order chi connectivity index (χ0) is 28.4. The van der Waals surface area contributed by atoms with Gasteiger partial charge >= 0.3 is 0 Å². The van der Waals surface area contributed by atoms with Crippen LogP contribution in [0.4, 0.5) is 0 Å². The van der Waals surface area contributed by atoms with Crippen molar-refractivity contribution in [2.24, 2.45) is 11.8 Å². The van der Waals surface area contributed by atoms with Gasteiger partial charge in [-0.05, 0) is 33.4 Å². The topological polar surface area (TPSA) is 66.5 Å². The van der Waals surface area contributed by atoms with E-state index in [2.05, 4.69) is 5.32 Å². The van der Waals surface area contributed by atoms with Gasteiger partial charge in [-0.3, -0.25) is 19.3 Å². The summed E-state index contributed by atoms with van der Waals surface area (Å²) in [6.07, 6.45) is 0.169. The molecule has 5 nitrogen and oxygen atoms in total. The first-order valence-corrected chi connectivity index (χ1v) is 14.4. The number of imide groups is 1. The molecule has 1 fully saturated rings. The summed E-state index contributed by atoms with van der Waals surface area (Å²) in [5.41, 5.74) is 4.66. The van der Waals surface area contributed by atoms with Crippen LogP contribution in [0.5, 0.6) is 0 Å². The first-order chi connectivity index (χ1) is 19.9. The molecule has 8 rings (SSSR count). The van der Waals surface area contributed by atoms with Gasteiger partial charge in [0.1, 0.15) is 15.8 Å². The van der Waals surface area contributed by atoms with Gasteiger partial charge in [0.05, 0.1) is 11.8 Å². The maximum Gasteiger partial charge on any atom is 0.243 e. The number of carbonyl (C=O) groups excluding carboxylic acids is 3. The van der Waals surface area contributed by atoms with Crippen molar-refractivity contribution in [3.05, 3.63) is 143 Å². The van der Waals surface area contributed by atoms with Crippen LogP contribution in [0.3, 0.4) is 0 Å². The molecule has 0 saturated carbocycles. The highest BCUT2D eigenvalue weighted by atomic mass is 35.5. The van der Waals surface area contributed by atoms with Crippen molar-refractivity contribution in [3.8, 4) is 0 Å². The molecule has 4 aromatic rings. The minimum absolute atomic E-state index is 0.169. The van der Waals surface area contributed by atoms with Crippen molar-refractivity contribution >= 4 is 40.9 Å². The molecule has 3 amide bonds. The minimum Gasteiger partial charge on any atom is -0.350 e. The van der Waals surface area contributed by atoms with E-state index in [1.54, 1.807) is 0 Å².